The molecule has 0 amide bonds. The van der Waals surface area contributed by atoms with Gasteiger partial charge in [-0.05, 0) is 38.3 Å². The molecule has 1 atom stereocenters. The van der Waals surface area contributed by atoms with Gasteiger partial charge in [0, 0.05) is 0 Å². The molecule has 0 aromatic carbocycles. The molecule has 1 fully saturated rings. The van der Waals surface area contributed by atoms with E-state index >= 15 is 0 Å². The van der Waals surface area contributed by atoms with Crippen LogP contribution in [0.4, 0.5) is 0 Å². The Morgan fingerprint density at radius 2 is 1.94 bits per heavy atom. The number of esters is 1. The Bertz CT molecular complexity index is 225. The van der Waals surface area contributed by atoms with Crippen LogP contribution in [0.2, 0.25) is 0 Å². The first-order valence-corrected chi connectivity index (χ1v) is 7.64. The Hall–Kier alpha value is -0.570. The van der Waals surface area contributed by atoms with Crippen molar-refractivity contribution in [2.75, 3.05) is 26.2 Å². The third kappa shape index (κ3) is 6.39. The third-order valence-electron chi connectivity index (χ3n) is 3.82. The van der Waals surface area contributed by atoms with Crippen LogP contribution in [0.1, 0.15) is 58.8 Å². The number of rotatable bonds is 8. The summed E-state index contributed by atoms with van der Waals surface area (Å²) in [5.74, 6) is 0.516. The highest BCUT2D eigenvalue weighted by Gasteiger charge is 2.15. The number of unbranched alkanes of at least 4 members (excludes halogenated alkanes) is 1. The topological polar surface area (TPSA) is 29.5 Å². The number of carbonyl (C=O) groups excluding carboxylic acids is 1. The van der Waals surface area contributed by atoms with Crippen molar-refractivity contribution in [2.24, 2.45) is 5.92 Å². The van der Waals surface area contributed by atoms with Gasteiger partial charge in [-0.2, -0.15) is 0 Å². The molecule has 3 nitrogen and oxygen atoms in total. The fourth-order valence-corrected chi connectivity index (χ4v) is 2.45. The van der Waals surface area contributed by atoms with E-state index < -0.39 is 0 Å². The SMILES string of the molecule is CCCCC(CC)COC(=O)CN1CCCCC1. The summed E-state index contributed by atoms with van der Waals surface area (Å²) in [4.78, 5) is 14.0. The largest absolute Gasteiger partial charge is 0.464 e. The van der Waals surface area contributed by atoms with Gasteiger partial charge >= 0.3 is 5.97 Å². The van der Waals surface area contributed by atoms with Gasteiger partial charge in [-0.25, -0.2) is 0 Å². The van der Waals surface area contributed by atoms with Crippen LogP contribution in [0, 0.1) is 5.92 Å². The predicted octanol–water partition coefficient (Wildman–Crippen LogP) is 3.23. The first-order chi connectivity index (χ1) is 8.76. The minimum Gasteiger partial charge on any atom is -0.464 e. The monoisotopic (exact) mass is 255 g/mol. The van der Waals surface area contributed by atoms with Gasteiger partial charge in [0.2, 0.25) is 0 Å². The molecule has 1 saturated heterocycles. The fourth-order valence-electron chi connectivity index (χ4n) is 2.45. The lowest BCUT2D eigenvalue weighted by molar-refractivity contribution is -0.146. The molecule has 0 aromatic heterocycles. The molecular formula is C15H29NO2. The lowest BCUT2D eigenvalue weighted by Crippen LogP contribution is -2.35. The van der Waals surface area contributed by atoms with E-state index in [-0.39, 0.29) is 5.97 Å². The van der Waals surface area contributed by atoms with E-state index in [4.69, 9.17) is 4.74 Å². The number of ether oxygens (including phenoxy) is 1. The molecule has 1 aliphatic rings. The van der Waals surface area contributed by atoms with Gasteiger partial charge in [0.25, 0.3) is 0 Å². The van der Waals surface area contributed by atoms with Gasteiger partial charge in [-0.1, -0.05) is 39.5 Å². The van der Waals surface area contributed by atoms with Gasteiger partial charge in [0.1, 0.15) is 0 Å². The van der Waals surface area contributed by atoms with E-state index in [1.807, 2.05) is 0 Å². The molecule has 1 heterocycles. The van der Waals surface area contributed by atoms with E-state index in [9.17, 15) is 4.79 Å². The van der Waals surface area contributed by atoms with Gasteiger partial charge in [-0.3, -0.25) is 9.69 Å². The Morgan fingerprint density at radius 1 is 1.22 bits per heavy atom. The van der Waals surface area contributed by atoms with E-state index in [0.717, 1.165) is 19.5 Å². The second-order valence-electron chi connectivity index (χ2n) is 5.44. The van der Waals surface area contributed by atoms with Crippen molar-refractivity contribution in [3.8, 4) is 0 Å². The van der Waals surface area contributed by atoms with E-state index in [1.165, 1.54) is 38.5 Å². The number of hydrogen-bond donors (Lipinski definition) is 0. The molecule has 0 bridgehead atoms. The molecule has 1 rings (SSSR count). The number of likely N-dealkylation sites (tertiary alicyclic amines) is 1. The second-order valence-corrected chi connectivity index (χ2v) is 5.44. The van der Waals surface area contributed by atoms with Crippen molar-refractivity contribution in [3.05, 3.63) is 0 Å². The average molecular weight is 255 g/mol. The molecule has 0 aliphatic carbocycles. The van der Waals surface area contributed by atoms with Crippen molar-refractivity contribution in [3.63, 3.8) is 0 Å². The number of carbonyl (C=O) groups is 1. The number of piperidine rings is 1. The lowest BCUT2D eigenvalue weighted by atomic mass is 10.0. The van der Waals surface area contributed by atoms with Crippen LogP contribution < -0.4 is 0 Å². The first kappa shape index (κ1) is 15.5. The summed E-state index contributed by atoms with van der Waals surface area (Å²) in [6, 6.07) is 0. The van der Waals surface area contributed by atoms with Crippen LogP contribution in [-0.2, 0) is 9.53 Å². The van der Waals surface area contributed by atoms with Crippen molar-refractivity contribution in [2.45, 2.75) is 58.8 Å². The molecule has 0 saturated carbocycles. The molecule has 0 N–H and O–H groups in total. The standard InChI is InChI=1S/C15H29NO2/c1-3-5-9-14(4-2)13-18-15(17)12-16-10-7-6-8-11-16/h14H,3-13H2,1-2H3. The minimum absolute atomic E-state index is 0.0353. The van der Waals surface area contributed by atoms with Gasteiger partial charge in [0.15, 0.2) is 0 Å². The fraction of sp³-hybridized carbons (Fsp3) is 0.933. The summed E-state index contributed by atoms with van der Waals surface area (Å²) >= 11 is 0. The van der Waals surface area contributed by atoms with Crippen molar-refractivity contribution in [1.29, 1.82) is 0 Å². The average Bonchev–Trinajstić information content (AvgIpc) is 2.40. The second kappa shape index (κ2) is 9.37. The highest BCUT2D eigenvalue weighted by molar-refractivity contribution is 5.71. The van der Waals surface area contributed by atoms with Crippen LogP contribution in [0.5, 0.6) is 0 Å². The summed E-state index contributed by atoms with van der Waals surface area (Å²) in [6.07, 6.45) is 8.50. The van der Waals surface area contributed by atoms with E-state index in [1.54, 1.807) is 0 Å². The maximum atomic E-state index is 11.7. The van der Waals surface area contributed by atoms with Crippen LogP contribution in [0.15, 0.2) is 0 Å². The summed E-state index contributed by atoms with van der Waals surface area (Å²) in [7, 11) is 0. The summed E-state index contributed by atoms with van der Waals surface area (Å²) in [5, 5.41) is 0. The molecule has 106 valence electrons. The van der Waals surface area contributed by atoms with Gasteiger partial charge < -0.3 is 4.74 Å². The summed E-state index contributed by atoms with van der Waals surface area (Å²) < 4.78 is 5.41. The molecule has 18 heavy (non-hydrogen) atoms. The molecule has 0 radical (unpaired) electrons. The third-order valence-corrected chi connectivity index (χ3v) is 3.82. The Morgan fingerprint density at radius 3 is 2.56 bits per heavy atom. The molecule has 1 aliphatic heterocycles. The molecule has 0 spiro atoms. The highest BCUT2D eigenvalue weighted by atomic mass is 16.5. The van der Waals surface area contributed by atoms with Gasteiger partial charge in [0.05, 0.1) is 13.2 Å². The summed E-state index contributed by atoms with van der Waals surface area (Å²) in [6.45, 7) is 7.60. The Kier molecular flexibility index (Phi) is 8.06. The van der Waals surface area contributed by atoms with Crippen LogP contribution in [0.3, 0.4) is 0 Å². The zero-order chi connectivity index (χ0) is 13.2. The normalized spacial score (nSPS) is 18.6. The Labute approximate surface area is 112 Å². The first-order valence-electron chi connectivity index (χ1n) is 7.64. The zero-order valence-electron chi connectivity index (χ0n) is 12.1. The van der Waals surface area contributed by atoms with E-state index in [2.05, 4.69) is 18.7 Å². The van der Waals surface area contributed by atoms with E-state index in [0.29, 0.717) is 19.1 Å². The number of hydrogen-bond acceptors (Lipinski definition) is 3. The number of nitrogens with zero attached hydrogens (tertiary/aromatic N) is 1. The van der Waals surface area contributed by atoms with Crippen LogP contribution in [-0.4, -0.2) is 37.1 Å². The van der Waals surface area contributed by atoms with Gasteiger partial charge in [-0.15, -0.1) is 0 Å². The molecule has 1 unspecified atom stereocenters. The predicted molar refractivity (Wildman–Crippen MR) is 74.6 cm³/mol. The summed E-state index contributed by atoms with van der Waals surface area (Å²) in [5.41, 5.74) is 0. The van der Waals surface area contributed by atoms with Crippen LogP contribution in [0.25, 0.3) is 0 Å². The Balaban J connectivity index is 2.14. The smallest absolute Gasteiger partial charge is 0.320 e. The minimum atomic E-state index is -0.0353. The van der Waals surface area contributed by atoms with Crippen molar-refractivity contribution >= 4 is 5.97 Å². The quantitative estimate of drug-likeness (QED) is 0.624. The maximum absolute atomic E-state index is 11.7. The molecule has 0 aromatic rings. The highest BCUT2D eigenvalue weighted by Crippen LogP contribution is 2.13. The van der Waals surface area contributed by atoms with Crippen LogP contribution >= 0.6 is 0 Å². The van der Waals surface area contributed by atoms with Crippen molar-refractivity contribution in [1.82, 2.24) is 4.90 Å². The lowest BCUT2D eigenvalue weighted by Gasteiger charge is -2.25. The van der Waals surface area contributed by atoms with Crippen molar-refractivity contribution < 1.29 is 9.53 Å². The molecule has 3 heteroatoms. The zero-order valence-corrected chi connectivity index (χ0v) is 12.1. The molecular weight excluding hydrogens is 226 g/mol. The maximum Gasteiger partial charge on any atom is 0.320 e.